The first-order valence-corrected chi connectivity index (χ1v) is 5.28. The van der Waals surface area contributed by atoms with Crippen LogP contribution in [0.3, 0.4) is 0 Å². The van der Waals surface area contributed by atoms with Crippen molar-refractivity contribution in [3.05, 3.63) is 0 Å². The standard InChI is InChI=1S/C11H19NO4/c1-8(2)6-10(11(15)16)12(4-5-13)7-9(3)14/h5,8,10H,4,6-7H2,1-3H3,(H,15,16)/t10-/m0/s1. The van der Waals surface area contributed by atoms with Crippen molar-refractivity contribution < 1.29 is 19.5 Å². The average molecular weight is 229 g/mol. The number of carbonyl (C=O) groups excluding carboxylic acids is 2. The zero-order chi connectivity index (χ0) is 12.7. The third kappa shape index (κ3) is 5.60. The van der Waals surface area contributed by atoms with E-state index in [1.807, 2.05) is 13.8 Å². The average Bonchev–Trinajstić information content (AvgIpc) is 2.12. The lowest BCUT2D eigenvalue weighted by Crippen LogP contribution is -2.45. The van der Waals surface area contributed by atoms with Gasteiger partial charge < -0.3 is 9.90 Å². The highest BCUT2D eigenvalue weighted by atomic mass is 16.4. The van der Waals surface area contributed by atoms with Crippen LogP contribution in [0.25, 0.3) is 0 Å². The van der Waals surface area contributed by atoms with Crippen molar-refractivity contribution in [3.63, 3.8) is 0 Å². The van der Waals surface area contributed by atoms with Gasteiger partial charge in [0.15, 0.2) is 0 Å². The number of aldehydes is 1. The Hall–Kier alpha value is -1.23. The van der Waals surface area contributed by atoms with Crippen molar-refractivity contribution >= 4 is 18.0 Å². The van der Waals surface area contributed by atoms with Gasteiger partial charge in [-0.2, -0.15) is 0 Å². The minimum Gasteiger partial charge on any atom is -0.480 e. The van der Waals surface area contributed by atoms with Crippen molar-refractivity contribution in [1.29, 1.82) is 0 Å². The molecule has 0 fully saturated rings. The van der Waals surface area contributed by atoms with E-state index in [-0.39, 0.29) is 24.8 Å². The molecule has 0 amide bonds. The lowest BCUT2D eigenvalue weighted by molar-refractivity contribution is -0.144. The number of rotatable bonds is 8. The molecular weight excluding hydrogens is 210 g/mol. The maximum Gasteiger partial charge on any atom is 0.320 e. The van der Waals surface area contributed by atoms with Crippen LogP contribution in [0.4, 0.5) is 0 Å². The molecule has 0 rings (SSSR count). The van der Waals surface area contributed by atoms with Gasteiger partial charge >= 0.3 is 5.97 Å². The second kappa shape index (κ2) is 7.11. The van der Waals surface area contributed by atoms with Crippen molar-refractivity contribution in [3.8, 4) is 0 Å². The van der Waals surface area contributed by atoms with Crippen LogP contribution in [0.5, 0.6) is 0 Å². The van der Waals surface area contributed by atoms with Crippen LogP contribution < -0.4 is 0 Å². The van der Waals surface area contributed by atoms with E-state index in [9.17, 15) is 14.4 Å². The monoisotopic (exact) mass is 229 g/mol. The van der Waals surface area contributed by atoms with Crippen LogP contribution in [0.15, 0.2) is 0 Å². The Labute approximate surface area is 95.4 Å². The van der Waals surface area contributed by atoms with Crippen molar-refractivity contribution in [2.24, 2.45) is 5.92 Å². The summed E-state index contributed by atoms with van der Waals surface area (Å²) in [6.07, 6.45) is 1.05. The van der Waals surface area contributed by atoms with Crippen LogP contribution in [-0.2, 0) is 14.4 Å². The highest BCUT2D eigenvalue weighted by molar-refractivity contribution is 5.80. The number of ketones is 1. The largest absolute Gasteiger partial charge is 0.480 e. The van der Waals surface area contributed by atoms with E-state index < -0.39 is 12.0 Å². The summed E-state index contributed by atoms with van der Waals surface area (Å²) >= 11 is 0. The van der Waals surface area contributed by atoms with Gasteiger partial charge in [-0.25, -0.2) is 0 Å². The molecule has 0 aliphatic carbocycles. The molecular formula is C11H19NO4. The first-order chi connectivity index (χ1) is 7.38. The van der Waals surface area contributed by atoms with Gasteiger partial charge in [-0.3, -0.25) is 14.5 Å². The zero-order valence-electron chi connectivity index (χ0n) is 9.97. The summed E-state index contributed by atoms with van der Waals surface area (Å²) in [5.41, 5.74) is 0. The molecule has 0 aliphatic heterocycles. The van der Waals surface area contributed by atoms with Gasteiger partial charge in [-0.15, -0.1) is 0 Å². The van der Waals surface area contributed by atoms with E-state index in [4.69, 9.17) is 5.11 Å². The summed E-state index contributed by atoms with van der Waals surface area (Å²) in [5, 5.41) is 9.06. The fraction of sp³-hybridized carbons (Fsp3) is 0.727. The summed E-state index contributed by atoms with van der Waals surface area (Å²) < 4.78 is 0. The number of hydrogen-bond donors (Lipinski definition) is 1. The van der Waals surface area contributed by atoms with Crippen molar-refractivity contribution in [2.75, 3.05) is 13.1 Å². The molecule has 0 aromatic carbocycles. The van der Waals surface area contributed by atoms with Crippen LogP contribution >= 0.6 is 0 Å². The number of nitrogens with zero attached hydrogens (tertiary/aromatic N) is 1. The molecule has 92 valence electrons. The molecule has 5 nitrogen and oxygen atoms in total. The molecule has 0 spiro atoms. The molecule has 0 aromatic heterocycles. The van der Waals surface area contributed by atoms with Gasteiger partial charge in [0.1, 0.15) is 18.1 Å². The zero-order valence-corrected chi connectivity index (χ0v) is 9.97. The Balaban J connectivity index is 4.70. The van der Waals surface area contributed by atoms with Crippen molar-refractivity contribution in [1.82, 2.24) is 4.90 Å². The molecule has 1 N–H and O–H groups in total. The molecule has 16 heavy (non-hydrogen) atoms. The molecule has 1 atom stereocenters. The molecule has 0 bridgehead atoms. The number of carboxylic acid groups (broad SMARTS) is 1. The lowest BCUT2D eigenvalue weighted by Gasteiger charge is -2.27. The third-order valence-electron chi connectivity index (χ3n) is 2.16. The Kier molecular flexibility index (Phi) is 6.56. The van der Waals surface area contributed by atoms with E-state index >= 15 is 0 Å². The first-order valence-electron chi connectivity index (χ1n) is 5.28. The second-order valence-corrected chi connectivity index (χ2v) is 4.28. The molecule has 0 aromatic rings. The second-order valence-electron chi connectivity index (χ2n) is 4.28. The molecule has 0 heterocycles. The number of aliphatic carboxylic acids is 1. The quantitative estimate of drug-likeness (QED) is 0.616. The smallest absolute Gasteiger partial charge is 0.320 e. The molecule has 0 unspecified atom stereocenters. The van der Waals surface area contributed by atoms with E-state index in [0.29, 0.717) is 12.7 Å². The number of Topliss-reactive ketones (excluding diaryl/α,β-unsaturated/α-hetero) is 1. The molecule has 0 saturated carbocycles. The SMILES string of the molecule is CC(=O)CN(CC=O)[C@@H](CC(C)C)C(=O)O. The molecule has 0 saturated heterocycles. The molecule has 0 radical (unpaired) electrons. The van der Waals surface area contributed by atoms with Crippen LogP contribution in [0.2, 0.25) is 0 Å². The van der Waals surface area contributed by atoms with Gasteiger partial charge in [0.05, 0.1) is 13.1 Å². The minimum atomic E-state index is -0.989. The summed E-state index contributed by atoms with van der Waals surface area (Å²) in [5.74, 6) is -0.934. The Bertz CT molecular complexity index is 263. The summed E-state index contributed by atoms with van der Waals surface area (Å²) in [7, 11) is 0. The van der Waals surface area contributed by atoms with Gasteiger partial charge in [0, 0.05) is 0 Å². The van der Waals surface area contributed by atoms with Crippen molar-refractivity contribution in [2.45, 2.75) is 33.2 Å². The van der Waals surface area contributed by atoms with Crippen LogP contribution in [0, 0.1) is 5.92 Å². The summed E-state index contributed by atoms with van der Waals surface area (Å²) in [4.78, 5) is 33.9. The number of carboxylic acids is 1. The van der Waals surface area contributed by atoms with Gasteiger partial charge in [0.2, 0.25) is 0 Å². The van der Waals surface area contributed by atoms with E-state index in [0.717, 1.165) is 0 Å². The molecule has 5 heteroatoms. The Morgan fingerprint density at radius 3 is 2.25 bits per heavy atom. The fourth-order valence-corrected chi connectivity index (χ4v) is 1.54. The van der Waals surface area contributed by atoms with Gasteiger partial charge in [0.25, 0.3) is 0 Å². The fourth-order valence-electron chi connectivity index (χ4n) is 1.54. The highest BCUT2D eigenvalue weighted by Crippen LogP contribution is 2.11. The van der Waals surface area contributed by atoms with Gasteiger partial charge in [-0.1, -0.05) is 13.8 Å². The maximum atomic E-state index is 11.1. The maximum absolute atomic E-state index is 11.1. The van der Waals surface area contributed by atoms with Gasteiger partial charge in [-0.05, 0) is 19.3 Å². The number of carbonyl (C=O) groups is 3. The van der Waals surface area contributed by atoms with Crippen LogP contribution in [0.1, 0.15) is 27.2 Å². The van der Waals surface area contributed by atoms with Crippen LogP contribution in [-0.4, -0.2) is 47.2 Å². The van der Waals surface area contributed by atoms with E-state index in [1.54, 1.807) is 0 Å². The summed E-state index contributed by atoms with van der Waals surface area (Å²) in [6, 6.07) is -0.769. The number of hydrogen-bond acceptors (Lipinski definition) is 4. The highest BCUT2D eigenvalue weighted by Gasteiger charge is 2.26. The van der Waals surface area contributed by atoms with E-state index in [1.165, 1.54) is 11.8 Å². The topological polar surface area (TPSA) is 74.7 Å². The molecule has 0 aliphatic rings. The predicted molar refractivity (Wildman–Crippen MR) is 59.2 cm³/mol. The Morgan fingerprint density at radius 1 is 1.38 bits per heavy atom. The van der Waals surface area contributed by atoms with E-state index in [2.05, 4.69) is 0 Å². The minimum absolute atomic E-state index is 0.00241. The Morgan fingerprint density at radius 2 is 1.94 bits per heavy atom. The first kappa shape index (κ1) is 14.8. The summed E-state index contributed by atoms with van der Waals surface area (Å²) in [6.45, 7) is 5.17. The predicted octanol–water partition coefficient (Wildman–Crippen LogP) is 0.576. The third-order valence-corrected chi connectivity index (χ3v) is 2.16. The lowest BCUT2D eigenvalue weighted by atomic mass is 10.0. The normalized spacial score (nSPS) is 12.8.